The van der Waals surface area contributed by atoms with Crippen LogP contribution in [0.5, 0.6) is 0 Å². The van der Waals surface area contributed by atoms with Crippen molar-refractivity contribution in [3.8, 4) is 11.4 Å². The predicted octanol–water partition coefficient (Wildman–Crippen LogP) is 2.41. The van der Waals surface area contributed by atoms with E-state index in [1.165, 1.54) is 6.33 Å². The lowest BCUT2D eigenvalue weighted by molar-refractivity contribution is 0.0275. The lowest BCUT2D eigenvalue weighted by Gasteiger charge is -2.26. The zero-order valence-electron chi connectivity index (χ0n) is 16.4. The molecular formula is C20H25N5O3. The summed E-state index contributed by atoms with van der Waals surface area (Å²) >= 11 is 0. The van der Waals surface area contributed by atoms with Crippen LogP contribution in [0.1, 0.15) is 31.1 Å². The highest BCUT2D eigenvalue weighted by Gasteiger charge is 2.44. The average molecular weight is 383 g/mol. The molecule has 2 aromatic rings. The molecule has 1 aromatic carbocycles. The molecule has 2 amide bonds. The number of nitrogens with one attached hydrogen (secondary N) is 1. The number of fused-ring (bicyclic) bond motifs is 1. The summed E-state index contributed by atoms with van der Waals surface area (Å²) in [5.41, 5.74) is 0.863. The van der Waals surface area contributed by atoms with Crippen LogP contribution in [0.4, 0.5) is 4.79 Å². The van der Waals surface area contributed by atoms with Crippen LogP contribution in [0.25, 0.3) is 11.4 Å². The van der Waals surface area contributed by atoms with E-state index in [2.05, 4.69) is 15.2 Å². The third kappa shape index (κ3) is 3.58. The molecule has 4 rings (SSSR count). The fourth-order valence-corrected chi connectivity index (χ4v) is 4.02. The second-order valence-electron chi connectivity index (χ2n) is 8.50. The van der Waals surface area contributed by atoms with Crippen LogP contribution in [0.3, 0.4) is 0 Å². The number of rotatable bonds is 2. The fraction of sp³-hybridized carbons (Fsp3) is 0.500. The first kappa shape index (κ1) is 18.5. The van der Waals surface area contributed by atoms with Gasteiger partial charge in [-0.05, 0) is 26.8 Å². The molecule has 0 aliphatic carbocycles. The lowest BCUT2D eigenvalue weighted by Crippen LogP contribution is -2.38. The van der Waals surface area contributed by atoms with E-state index in [9.17, 15) is 9.59 Å². The monoisotopic (exact) mass is 383 g/mol. The van der Waals surface area contributed by atoms with Crippen LogP contribution in [0, 0.1) is 11.8 Å². The summed E-state index contributed by atoms with van der Waals surface area (Å²) in [6, 6.07) is 7.43. The maximum Gasteiger partial charge on any atom is 0.410 e. The third-order valence-corrected chi connectivity index (χ3v) is 5.25. The van der Waals surface area contributed by atoms with Crippen LogP contribution in [-0.4, -0.2) is 68.8 Å². The first-order valence-electron chi connectivity index (χ1n) is 9.54. The smallest absolute Gasteiger partial charge is 0.410 e. The number of amides is 2. The number of aromatic nitrogens is 3. The van der Waals surface area contributed by atoms with Crippen LogP contribution in [-0.2, 0) is 4.74 Å². The second kappa shape index (κ2) is 6.92. The molecule has 0 saturated carbocycles. The van der Waals surface area contributed by atoms with Crippen LogP contribution in [0.15, 0.2) is 30.6 Å². The summed E-state index contributed by atoms with van der Waals surface area (Å²) in [4.78, 5) is 33.3. The van der Waals surface area contributed by atoms with Gasteiger partial charge in [-0.15, -0.1) is 0 Å². The molecule has 1 N–H and O–H groups in total. The molecule has 0 bridgehead atoms. The van der Waals surface area contributed by atoms with Gasteiger partial charge in [0.2, 0.25) is 0 Å². The number of aromatic amines is 1. The van der Waals surface area contributed by atoms with Crippen LogP contribution < -0.4 is 0 Å². The topological polar surface area (TPSA) is 91.4 Å². The first-order valence-corrected chi connectivity index (χ1v) is 9.54. The molecule has 2 atom stereocenters. The van der Waals surface area contributed by atoms with Gasteiger partial charge >= 0.3 is 6.09 Å². The van der Waals surface area contributed by atoms with E-state index in [0.29, 0.717) is 37.6 Å². The van der Waals surface area contributed by atoms with Crippen LogP contribution >= 0.6 is 0 Å². The molecule has 2 aliphatic rings. The van der Waals surface area contributed by atoms with Crippen molar-refractivity contribution in [2.45, 2.75) is 26.4 Å². The molecule has 148 valence electrons. The maximum atomic E-state index is 13.2. The van der Waals surface area contributed by atoms with E-state index in [0.717, 1.165) is 5.56 Å². The molecular weight excluding hydrogens is 358 g/mol. The molecule has 1 aromatic heterocycles. The Bertz CT molecular complexity index is 860. The summed E-state index contributed by atoms with van der Waals surface area (Å²) in [6.45, 7) is 8.16. The van der Waals surface area contributed by atoms with Crippen molar-refractivity contribution in [3.63, 3.8) is 0 Å². The summed E-state index contributed by atoms with van der Waals surface area (Å²) in [5, 5.41) is 6.71. The van der Waals surface area contributed by atoms with Crippen molar-refractivity contribution in [1.82, 2.24) is 25.0 Å². The quantitative estimate of drug-likeness (QED) is 0.860. The summed E-state index contributed by atoms with van der Waals surface area (Å²) in [5.74, 6) is 1.15. The van der Waals surface area contributed by atoms with Gasteiger partial charge in [-0.2, -0.15) is 5.10 Å². The Labute approximate surface area is 163 Å². The normalized spacial score (nSPS) is 21.7. The zero-order chi connectivity index (χ0) is 19.9. The Morgan fingerprint density at radius 2 is 1.71 bits per heavy atom. The number of likely N-dealkylation sites (tertiary alicyclic amines) is 2. The number of ether oxygens (including phenoxy) is 1. The molecule has 2 saturated heterocycles. The van der Waals surface area contributed by atoms with Gasteiger partial charge in [0, 0.05) is 43.6 Å². The van der Waals surface area contributed by atoms with Crippen molar-refractivity contribution >= 4 is 12.0 Å². The fourth-order valence-electron chi connectivity index (χ4n) is 4.02. The van der Waals surface area contributed by atoms with E-state index >= 15 is 0 Å². The standard InChI is InChI=1S/C20H25N5O3/c1-20(2,3)28-19(27)25-10-13-8-24(9-14(13)11-25)18(26)16-7-5-4-6-15(16)17-21-12-22-23-17/h4-7,12-14H,8-11H2,1-3H3,(H,21,22,23). The first-order chi connectivity index (χ1) is 13.3. The Morgan fingerprint density at radius 3 is 2.32 bits per heavy atom. The lowest BCUT2D eigenvalue weighted by atomic mass is 10.0. The minimum atomic E-state index is -0.499. The minimum Gasteiger partial charge on any atom is -0.444 e. The van der Waals surface area contributed by atoms with Gasteiger partial charge in [-0.3, -0.25) is 9.89 Å². The third-order valence-electron chi connectivity index (χ3n) is 5.25. The number of benzene rings is 1. The Kier molecular flexibility index (Phi) is 4.56. The predicted molar refractivity (Wildman–Crippen MR) is 103 cm³/mol. The van der Waals surface area contributed by atoms with E-state index in [4.69, 9.17) is 4.74 Å². The molecule has 8 heteroatoms. The van der Waals surface area contributed by atoms with Gasteiger partial charge in [0.1, 0.15) is 11.9 Å². The van der Waals surface area contributed by atoms with Gasteiger partial charge in [0.05, 0.1) is 5.56 Å². The second-order valence-corrected chi connectivity index (χ2v) is 8.50. The number of H-pyrrole nitrogens is 1. The van der Waals surface area contributed by atoms with E-state index in [1.54, 1.807) is 4.90 Å². The highest BCUT2D eigenvalue weighted by Crippen LogP contribution is 2.33. The Morgan fingerprint density at radius 1 is 1.07 bits per heavy atom. The molecule has 28 heavy (non-hydrogen) atoms. The van der Waals surface area contributed by atoms with E-state index in [-0.39, 0.29) is 23.8 Å². The largest absolute Gasteiger partial charge is 0.444 e. The molecule has 0 radical (unpaired) electrons. The van der Waals surface area contributed by atoms with Gasteiger partial charge in [0.25, 0.3) is 5.91 Å². The maximum absolute atomic E-state index is 13.2. The number of hydrogen-bond acceptors (Lipinski definition) is 5. The van der Waals surface area contributed by atoms with Gasteiger partial charge in [0.15, 0.2) is 5.82 Å². The number of nitrogens with zero attached hydrogens (tertiary/aromatic N) is 4. The van der Waals surface area contributed by atoms with Crippen molar-refractivity contribution in [3.05, 3.63) is 36.2 Å². The van der Waals surface area contributed by atoms with Crippen LogP contribution in [0.2, 0.25) is 0 Å². The molecule has 2 unspecified atom stereocenters. The van der Waals surface area contributed by atoms with Crippen molar-refractivity contribution in [2.75, 3.05) is 26.2 Å². The van der Waals surface area contributed by atoms with Crippen molar-refractivity contribution in [1.29, 1.82) is 0 Å². The highest BCUT2D eigenvalue weighted by atomic mass is 16.6. The summed E-state index contributed by atoms with van der Waals surface area (Å²) in [7, 11) is 0. The number of carbonyl (C=O) groups excluding carboxylic acids is 2. The van der Waals surface area contributed by atoms with Crippen molar-refractivity contribution in [2.24, 2.45) is 11.8 Å². The molecule has 2 fully saturated rings. The van der Waals surface area contributed by atoms with E-state index < -0.39 is 5.60 Å². The SMILES string of the molecule is CC(C)(C)OC(=O)N1CC2CN(C(=O)c3ccccc3-c3ncn[nH]3)CC2C1. The van der Waals surface area contributed by atoms with Gasteiger partial charge in [-0.1, -0.05) is 18.2 Å². The molecule has 8 nitrogen and oxygen atoms in total. The minimum absolute atomic E-state index is 0.00906. The van der Waals surface area contributed by atoms with E-state index in [1.807, 2.05) is 49.9 Å². The number of hydrogen-bond donors (Lipinski definition) is 1. The summed E-state index contributed by atoms with van der Waals surface area (Å²) < 4.78 is 5.48. The molecule has 2 aliphatic heterocycles. The Balaban J connectivity index is 1.43. The highest BCUT2D eigenvalue weighted by molar-refractivity contribution is 6.00. The summed E-state index contributed by atoms with van der Waals surface area (Å²) in [6.07, 6.45) is 1.16. The van der Waals surface area contributed by atoms with Gasteiger partial charge in [-0.25, -0.2) is 9.78 Å². The molecule has 0 spiro atoms. The molecule has 3 heterocycles. The number of carbonyl (C=O) groups is 2. The van der Waals surface area contributed by atoms with Gasteiger partial charge < -0.3 is 14.5 Å². The zero-order valence-corrected chi connectivity index (χ0v) is 16.4. The average Bonchev–Trinajstić information content (AvgIpc) is 3.35. The Hall–Kier alpha value is -2.90. The van der Waals surface area contributed by atoms with Crippen molar-refractivity contribution < 1.29 is 14.3 Å².